The first kappa shape index (κ1) is 14.0. The fourth-order valence-corrected chi connectivity index (χ4v) is 2.91. The van der Waals surface area contributed by atoms with E-state index >= 15 is 0 Å². The van der Waals surface area contributed by atoms with Crippen LogP contribution in [-0.4, -0.2) is 31.1 Å². The summed E-state index contributed by atoms with van der Waals surface area (Å²) < 4.78 is 0. The Labute approximate surface area is 116 Å². The Morgan fingerprint density at radius 1 is 1.37 bits per heavy atom. The van der Waals surface area contributed by atoms with Gasteiger partial charge in [0.25, 0.3) is 0 Å². The molecule has 1 aliphatic heterocycles. The van der Waals surface area contributed by atoms with Crippen LogP contribution in [0.5, 0.6) is 0 Å². The van der Waals surface area contributed by atoms with Crippen molar-refractivity contribution in [2.45, 2.75) is 32.4 Å². The molecule has 2 atom stereocenters. The van der Waals surface area contributed by atoms with Gasteiger partial charge in [0.1, 0.15) is 0 Å². The zero-order valence-electron chi connectivity index (χ0n) is 12.1. The predicted molar refractivity (Wildman–Crippen MR) is 77.8 cm³/mol. The van der Waals surface area contributed by atoms with Gasteiger partial charge in [-0.2, -0.15) is 5.26 Å². The van der Waals surface area contributed by atoms with E-state index in [1.165, 1.54) is 12.0 Å². The highest BCUT2D eigenvalue weighted by molar-refractivity contribution is 5.33. The molecule has 0 radical (unpaired) electrons. The minimum Gasteiger partial charge on any atom is -0.314 e. The molecule has 1 aliphatic rings. The van der Waals surface area contributed by atoms with Gasteiger partial charge >= 0.3 is 0 Å². The molecular weight excluding hydrogens is 234 g/mol. The summed E-state index contributed by atoms with van der Waals surface area (Å²) in [5, 5.41) is 12.4. The monoisotopic (exact) mass is 257 g/mol. The van der Waals surface area contributed by atoms with E-state index in [4.69, 9.17) is 5.26 Å². The van der Waals surface area contributed by atoms with Crippen molar-refractivity contribution in [1.29, 1.82) is 5.26 Å². The Hall–Kier alpha value is -1.37. The predicted octanol–water partition coefficient (Wildman–Crippen LogP) is 2.55. The van der Waals surface area contributed by atoms with Crippen LogP contribution in [0.1, 0.15) is 37.4 Å². The zero-order chi connectivity index (χ0) is 13.8. The van der Waals surface area contributed by atoms with Crippen molar-refractivity contribution in [3.05, 3.63) is 35.4 Å². The molecule has 1 fully saturated rings. The van der Waals surface area contributed by atoms with Gasteiger partial charge in [-0.25, -0.2) is 0 Å². The maximum Gasteiger partial charge on any atom is 0.0991 e. The molecule has 2 rings (SSSR count). The van der Waals surface area contributed by atoms with Gasteiger partial charge in [-0.15, -0.1) is 0 Å². The Morgan fingerprint density at radius 2 is 2.05 bits per heavy atom. The average molecular weight is 257 g/mol. The molecule has 19 heavy (non-hydrogen) atoms. The third-order valence-corrected chi connectivity index (χ3v) is 3.94. The molecule has 1 aromatic carbocycles. The second kappa shape index (κ2) is 6.18. The number of hydrogen-bond donors (Lipinski definition) is 1. The highest BCUT2D eigenvalue weighted by Gasteiger charge is 2.32. The third kappa shape index (κ3) is 3.34. The van der Waals surface area contributed by atoms with Crippen molar-refractivity contribution in [3.8, 4) is 6.07 Å². The molecule has 1 aromatic rings. The Bertz CT molecular complexity index is 444. The minimum absolute atomic E-state index is 0.471. The summed E-state index contributed by atoms with van der Waals surface area (Å²) in [6.45, 7) is 6.59. The maximum atomic E-state index is 8.87. The van der Waals surface area contributed by atoms with Crippen molar-refractivity contribution in [3.63, 3.8) is 0 Å². The smallest absolute Gasteiger partial charge is 0.0991 e. The van der Waals surface area contributed by atoms with Gasteiger partial charge in [0.2, 0.25) is 0 Å². The Kier molecular flexibility index (Phi) is 4.57. The average Bonchev–Trinajstić information content (AvgIpc) is 2.78. The summed E-state index contributed by atoms with van der Waals surface area (Å²) in [6, 6.07) is 11.2. The molecule has 0 aliphatic carbocycles. The summed E-state index contributed by atoms with van der Waals surface area (Å²) >= 11 is 0. The topological polar surface area (TPSA) is 39.1 Å². The molecule has 1 N–H and O–H groups in total. The molecular formula is C16H23N3. The zero-order valence-corrected chi connectivity index (χ0v) is 12.1. The Morgan fingerprint density at radius 3 is 2.63 bits per heavy atom. The van der Waals surface area contributed by atoms with Crippen molar-refractivity contribution >= 4 is 0 Å². The van der Waals surface area contributed by atoms with E-state index in [1.54, 1.807) is 0 Å². The first-order valence-corrected chi connectivity index (χ1v) is 7.05. The van der Waals surface area contributed by atoms with Crippen LogP contribution in [0.25, 0.3) is 0 Å². The first-order valence-electron chi connectivity index (χ1n) is 7.05. The number of hydrogen-bond acceptors (Lipinski definition) is 3. The van der Waals surface area contributed by atoms with Crippen LogP contribution in [0.4, 0.5) is 0 Å². The lowest BCUT2D eigenvalue weighted by Crippen LogP contribution is -2.32. The molecule has 102 valence electrons. The summed E-state index contributed by atoms with van der Waals surface area (Å²) in [5.74, 6) is 0.653. The van der Waals surface area contributed by atoms with Gasteiger partial charge in [-0.05, 0) is 43.6 Å². The maximum absolute atomic E-state index is 8.87. The van der Waals surface area contributed by atoms with Gasteiger partial charge in [-0.3, -0.25) is 4.90 Å². The molecule has 0 spiro atoms. The number of nitriles is 1. The van der Waals surface area contributed by atoms with Crippen molar-refractivity contribution in [2.75, 3.05) is 20.1 Å². The lowest BCUT2D eigenvalue weighted by molar-refractivity contribution is 0.269. The van der Waals surface area contributed by atoms with Gasteiger partial charge in [-0.1, -0.05) is 26.0 Å². The summed E-state index contributed by atoms with van der Waals surface area (Å²) in [7, 11) is 2.19. The standard InChI is InChI=1S/C16H23N3/c1-12(2)18-11-15-8-9-19(3)16(15)14-6-4-13(10-17)5-7-14/h4-7,12,15-16,18H,8-9,11H2,1-3H3. The lowest BCUT2D eigenvalue weighted by atomic mass is 9.93. The Balaban J connectivity index is 2.12. The highest BCUT2D eigenvalue weighted by atomic mass is 15.2. The highest BCUT2D eigenvalue weighted by Crippen LogP contribution is 2.35. The summed E-state index contributed by atoms with van der Waals surface area (Å²) in [6.07, 6.45) is 1.24. The van der Waals surface area contributed by atoms with Crippen LogP contribution < -0.4 is 5.32 Å². The molecule has 0 amide bonds. The fourth-order valence-electron chi connectivity index (χ4n) is 2.91. The number of rotatable bonds is 4. The third-order valence-electron chi connectivity index (χ3n) is 3.94. The molecule has 3 heteroatoms. The van der Waals surface area contributed by atoms with E-state index < -0.39 is 0 Å². The minimum atomic E-state index is 0.471. The van der Waals surface area contributed by atoms with Gasteiger partial charge in [0, 0.05) is 18.6 Å². The fraction of sp³-hybridized carbons (Fsp3) is 0.562. The van der Waals surface area contributed by atoms with Crippen LogP contribution in [0.3, 0.4) is 0 Å². The quantitative estimate of drug-likeness (QED) is 0.901. The van der Waals surface area contributed by atoms with Crippen LogP contribution >= 0.6 is 0 Å². The molecule has 3 nitrogen and oxygen atoms in total. The second-order valence-corrected chi connectivity index (χ2v) is 5.77. The van der Waals surface area contributed by atoms with E-state index in [9.17, 15) is 0 Å². The lowest BCUT2D eigenvalue weighted by Gasteiger charge is -2.26. The van der Waals surface area contributed by atoms with Crippen molar-refractivity contribution in [2.24, 2.45) is 5.92 Å². The van der Waals surface area contributed by atoms with Gasteiger partial charge in [0.05, 0.1) is 11.6 Å². The summed E-state index contributed by atoms with van der Waals surface area (Å²) in [5.41, 5.74) is 2.07. The number of benzene rings is 1. The van der Waals surface area contributed by atoms with Crippen LogP contribution in [0, 0.1) is 17.2 Å². The van der Waals surface area contributed by atoms with Crippen LogP contribution in [-0.2, 0) is 0 Å². The van der Waals surface area contributed by atoms with Gasteiger partial charge < -0.3 is 5.32 Å². The van der Waals surface area contributed by atoms with Crippen LogP contribution in [0.15, 0.2) is 24.3 Å². The van der Waals surface area contributed by atoms with E-state index in [0.29, 0.717) is 18.0 Å². The largest absolute Gasteiger partial charge is 0.314 e. The number of nitrogens with one attached hydrogen (secondary N) is 1. The molecule has 0 saturated carbocycles. The molecule has 0 bridgehead atoms. The first-order chi connectivity index (χ1) is 9.11. The molecule has 1 saturated heterocycles. The normalized spacial score (nSPS) is 23.7. The van der Waals surface area contributed by atoms with E-state index in [1.807, 2.05) is 12.1 Å². The second-order valence-electron chi connectivity index (χ2n) is 5.77. The van der Waals surface area contributed by atoms with Crippen LogP contribution in [0.2, 0.25) is 0 Å². The number of likely N-dealkylation sites (tertiary alicyclic amines) is 1. The van der Waals surface area contributed by atoms with Gasteiger partial charge in [0.15, 0.2) is 0 Å². The number of nitrogens with zero attached hydrogens (tertiary/aromatic N) is 2. The molecule has 1 heterocycles. The summed E-state index contributed by atoms with van der Waals surface area (Å²) in [4.78, 5) is 2.42. The van der Waals surface area contributed by atoms with E-state index in [-0.39, 0.29) is 0 Å². The van der Waals surface area contributed by atoms with E-state index in [0.717, 1.165) is 18.7 Å². The van der Waals surface area contributed by atoms with Crippen molar-refractivity contribution in [1.82, 2.24) is 10.2 Å². The molecule has 0 aromatic heterocycles. The van der Waals surface area contributed by atoms with Crippen molar-refractivity contribution < 1.29 is 0 Å². The molecule has 2 unspecified atom stereocenters. The van der Waals surface area contributed by atoms with E-state index in [2.05, 4.69) is 49.3 Å². The SMILES string of the molecule is CC(C)NCC1CCN(C)C1c1ccc(C#N)cc1.